The molecule has 1 aliphatic heterocycles. The third kappa shape index (κ3) is 4.72. The molecule has 3 N–H and O–H groups in total. The maximum atomic E-state index is 12.0. The topological polar surface area (TPSA) is 73.1 Å². The number of thioether (sulfide) groups is 1. The summed E-state index contributed by atoms with van der Waals surface area (Å²) in [6.45, 7) is 7.94. The number of carbonyl (C=O) groups is 1. The first-order valence-electron chi connectivity index (χ1n) is 8.48. The normalized spacial score (nSPS) is 17.0. The van der Waals surface area contributed by atoms with Crippen LogP contribution in [0.3, 0.4) is 0 Å². The van der Waals surface area contributed by atoms with Gasteiger partial charge in [0.05, 0.1) is 22.0 Å². The Bertz CT molecular complexity index is 635. The summed E-state index contributed by atoms with van der Waals surface area (Å²) in [5, 5.41) is 6.50. The number of nitrogens with zero attached hydrogens (tertiary/aromatic N) is 2. The molecule has 0 spiro atoms. The molecule has 1 fully saturated rings. The molecular weight excluding hydrogens is 322 g/mol. The van der Waals surface area contributed by atoms with Crippen LogP contribution in [0.15, 0.2) is 24.3 Å². The van der Waals surface area contributed by atoms with Gasteiger partial charge >= 0.3 is 0 Å². The third-order valence-corrected chi connectivity index (χ3v) is 5.37. The lowest BCUT2D eigenvalue weighted by atomic mass is 10.3. The van der Waals surface area contributed by atoms with Crippen LogP contribution in [0.5, 0.6) is 0 Å². The fraction of sp³-hybridized carbons (Fsp3) is 0.529. The minimum Gasteiger partial charge on any atom is -0.354 e. The molecule has 6 nitrogen and oxygen atoms in total. The standard InChI is InChI=1S/C17H25N5OS/c1-13(17-20-14-4-2-3-5-15(14)21-17)24-12-16(23)19-8-11-22-9-6-18-7-10-22/h2-5,13,18H,6-12H2,1H3,(H,19,23)(H,20,21). The number of imidazole rings is 1. The fourth-order valence-electron chi connectivity index (χ4n) is 2.78. The number of piperazine rings is 1. The van der Waals surface area contributed by atoms with Gasteiger partial charge in [-0.05, 0) is 19.1 Å². The van der Waals surface area contributed by atoms with Crippen molar-refractivity contribution in [3.63, 3.8) is 0 Å². The molecular formula is C17H25N5OS. The molecule has 1 saturated heterocycles. The molecule has 0 bridgehead atoms. The van der Waals surface area contributed by atoms with E-state index in [2.05, 4.69) is 32.4 Å². The van der Waals surface area contributed by atoms with E-state index in [1.165, 1.54) is 0 Å². The monoisotopic (exact) mass is 347 g/mol. The molecule has 1 aromatic heterocycles. The van der Waals surface area contributed by atoms with Gasteiger partial charge < -0.3 is 15.6 Å². The lowest BCUT2D eigenvalue weighted by Gasteiger charge is -2.27. The van der Waals surface area contributed by atoms with Gasteiger partial charge in [-0.2, -0.15) is 0 Å². The largest absolute Gasteiger partial charge is 0.354 e. The predicted octanol–water partition coefficient (Wildman–Crippen LogP) is 1.38. The maximum absolute atomic E-state index is 12.0. The number of aromatic amines is 1. The number of amides is 1. The van der Waals surface area contributed by atoms with Gasteiger partial charge in [0.25, 0.3) is 0 Å². The van der Waals surface area contributed by atoms with E-state index >= 15 is 0 Å². The van der Waals surface area contributed by atoms with Gasteiger partial charge in [-0.25, -0.2) is 4.98 Å². The molecule has 130 valence electrons. The van der Waals surface area contributed by atoms with Crippen LogP contribution >= 0.6 is 11.8 Å². The van der Waals surface area contributed by atoms with Crippen molar-refractivity contribution < 1.29 is 4.79 Å². The summed E-state index contributed by atoms with van der Waals surface area (Å²) in [5.74, 6) is 1.48. The Balaban J connectivity index is 1.38. The molecule has 3 rings (SSSR count). The Morgan fingerprint density at radius 1 is 1.38 bits per heavy atom. The molecule has 2 heterocycles. The van der Waals surface area contributed by atoms with E-state index < -0.39 is 0 Å². The Labute approximate surface area is 146 Å². The SMILES string of the molecule is CC(SCC(=O)NCCN1CCNCC1)c1nc2ccccc2[nH]1. The molecule has 2 aromatic rings. The Hall–Kier alpha value is -1.57. The molecule has 1 aromatic carbocycles. The summed E-state index contributed by atoms with van der Waals surface area (Å²) in [4.78, 5) is 22.3. The van der Waals surface area contributed by atoms with E-state index in [-0.39, 0.29) is 11.2 Å². The van der Waals surface area contributed by atoms with E-state index in [0.717, 1.165) is 56.1 Å². The van der Waals surface area contributed by atoms with Crippen LogP contribution in [0.25, 0.3) is 11.0 Å². The number of fused-ring (bicyclic) bond motifs is 1. The van der Waals surface area contributed by atoms with Gasteiger partial charge in [0.15, 0.2) is 0 Å². The molecule has 1 amide bonds. The highest BCUT2D eigenvalue weighted by Crippen LogP contribution is 2.27. The molecule has 1 aliphatic rings. The van der Waals surface area contributed by atoms with Gasteiger partial charge in [-0.1, -0.05) is 12.1 Å². The van der Waals surface area contributed by atoms with Crippen LogP contribution in [-0.4, -0.2) is 65.8 Å². The lowest BCUT2D eigenvalue weighted by molar-refractivity contribution is -0.118. The second-order valence-electron chi connectivity index (χ2n) is 6.03. The molecule has 7 heteroatoms. The van der Waals surface area contributed by atoms with Gasteiger partial charge in [0.2, 0.25) is 5.91 Å². The summed E-state index contributed by atoms with van der Waals surface area (Å²) in [6.07, 6.45) is 0. The smallest absolute Gasteiger partial charge is 0.230 e. The lowest BCUT2D eigenvalue weighted by Crippen LogP contribution is -2.46. The number of H-pyrrole nitrogens is 1. The number of aromatic nitrogens is 2. The number of hydrogen-bond acceptors (Lipinski definition) is 5. The summed E-state index contributed by atoms with van der Waals surface area (Å²) < 4.78 is 0. The van der Waals surface area contributed by atoms with E-state index in [4.69, 9.17) is 0 Å². The number of rotatable bonds is 7. The summed E-state index contributed by atoms with van der Waals surface area (Å²) >= 11 is 1.61. The van der Waals surface area contributed by atoms with Crippen molar-refractivity contribution in [1.82, 2.24) is 25.5 Å². The van der Waals surface area contributed by atoms with E-state index in [1.807, 2.05) is 24.3 Å². The minimum atomic E-state index is 0.0955. The van der Waals surface area contributed by atoms with Gasteiger partial charge in [0, 0.05) is 39.3 Å². The predicted molar refractivity (Wildman–Crippen MR) is 99.3 cm³/mol. The van der Waals surface area contributed by atoms with Crippen LogP contribution in [0.2, 0.25) is 0 Å². The van der Waals surface area contributed by atoms with Gasteiger partial charge in [-0.15, -0.1) is 11.8 Å². The first-order chi connectivity index (χ1) is 11.7. The van der Waals surface area contributed by atoms with Crippen LogP contribution in [0, 0.1) is 0 Å². The first-order valence-corrected chi connectivity index (χ1v) is 9.53. The molecule has 0 saturated carbocycles. The van der Waals surface area contributed by atoms with Crippen molar-refractivity contribution in [3.8, 4) is 0 Å². The van der Waals surface area contributed by atoms with Gasteiger partial charge in [-0.3, -0.25) is 9.69 Å². The Morgan fingerprint density at radius 3 is 2.96 bits per heavy atom. The number of hydrogen-bond donors (Lipinski definition) is 3. The first kappa shape index (κ1) is 17.3. The zero-order valence-electron chi connectivity index (χ0n) is 14.0. The van der Waals surface area contributed by atoms with Crippen molar-refractivity contribution in [2.75, 3.05) is 45.0 Å². The maximum Gasteiger partial charge on any atom is 0.230 e. The summed E-state index contributed by atoms with van der Waals surface area (Å²) in [5.41, 5.74) is 2.01. The van der Waals surface area contributed by atoms with Crippen molar-refractivity contribution in [3.05, 3.63) is 30.1 Å². The summed E-state index contributed by atoms with van der Waals surface area (Å²) in [6, 6.07) is 7.99. The second-order valence-corrected chi connectivity index (χ2v) is 7.36. The zero-order chi connectivity index (χ0) is 16.8. The summed E-state index contributed by atoms with van der Waals surface area (Å²) in [7, 11) is 0. The van der Waals surface area contributed by atoms with Crippen LogP contribution in [0.1, 0.15) is 18.0 Å². The van der Waals surface area contributed by atoms with Crippen LogP contribution in [-0.2, 0) is 4.79 Å². The van der Waals surface area contributed by atoms with E-state index in [9.17, 15) is 4.79 Å². The second kappa shape index (κ2) is 8.50. The van der Waals surface area contributed by atoms with E-state index in [0.29, 0.717) is 5.75 Å². The minimum absolute atomic E-state index is 0.0955. The molecule has 1 atom stereocenters. The number of para-hydroxylation sites is 2. The number of carbonyl (C=O) groups excluding carboxylic acids is 1. The number of nitrogens with one attached hydrogen (secondary N) is 3. The third-order valence-electron chi connectivity index (χ3n) is 4.22. The van der Waals surface area contributed by atoms with Gasteiger partial charge in [0.1, 0.15) is 5.82 Å². The quantitative estimate of drug-likeness (QED) is 0.706. The van der Waals surface area contributed by atoms with Crippen molar-refractivity contribution >= 4 is 28.7 Å². The highest BCUT2D eigenvalue weighted by atomic mass is 32.2. The molecule has 1 unspecified atom stereocenters. The fourth-order valence-corrected chi connectivity index (χ4v) is 3.56. The van der Waals surface area contributed by atoms with Crippen molar-refractivity contribution in [1.29, 1.82) is 0 Å². The average Bonchev–Trinajstić information content (AvgIpc) is 3.05. The van der Waals surface area contributed by atoms with E-state index in [1.54, 1.807) is 11.8 Å². The number of benzene rings is 1. The highest BCUT2D eigenvalue weighted by Gasteiger charge is 2.14. The molecule has 0 aliphatic carbocycles. The molecule has 0 radical (unpaired) electrons. The Kier molecular flexibility index (Phi) is 6.12. The molecule has 24 heavy (non-hydrogen) atoms. The van der Waals surface area contributed by atoms with Crippen molar-refractivity contribution in [2.24, 2.45) is 0 Å². The van der Waals surface area contributed by atoms with Crippen molar-refractivity contribution in [2.45, 2.75) is 12.2 Å². The highest BCUT2D eigenvalue weighted by molar-refractivity contribution is 8.00. The Morgan fingerprint density at radius 2 is 2.17 bits per heavy atom. The van der Waals surface area contributed by atoms with Crippen LogP contribution < -0.4 is 10.6 Å². The van der Waals surface area contributed by atoms with Crippen LogP contribution in [0.4, 0.5) is 0 Å². The average molecular weight is 347 g/mol. The zero-order valence-corrected chi connectivity index (χ0v) is 14.9.